The van der Waals surface area contributed by atoms with E-state index >= 15 is 0 Å². The average Bonchev–Trinajstić information content (AvgIpc) is 2.89. The summed E-state index contributed by atoms with van der Waals surface area (Å²) in [5.74, 6) is -0.550. The van der Waals surface area contributed by atoms with Gasteiger partial charge in [0.2, 0.25) is 0 Å². The highest BCUT2D eigenvalue weighted by Gasteiger charge is 2.28. The van der Waals surface area contributed by atoms with Crippen LogP contribution in [0.3, 0.4) is 0 Å². The molecule has 182 valence electrons. The van der Waals surface area contributed by atoms with Crippen LogP contribution in [-0.2, 0) is 16.6 Å². The van der Waals surface area contributed by atoms with Gasteiger partial charge in [-0.25, -0.2) is 13.8 Å². The molecule has 0 spiro atoms. The second kappa shape index (κ2) is 11.2. The van der Waals surface area contributed by atoms with E-state index in [0.29, 0.717) is 16.1 Å². The number of aryl methyl sites for hydroxylation is 1. The van der Waals surface area contributed by atoms with E-state index in [1.807, 2.05) is 6.92 Å². The number of pyridine rings is 1. The molecule has 0 aliphatic carbocycles. The predicted molar refractivity (Wildman–Crippen MR) is 142 cm³/mol. The second-order valence-corrected chi connectivity index (χ2v) is 10.3. The van der Waals surface area contributed by atoms with Gasteiger partial charge in [0.25, 0.3) is 15.9 Å². The summed E-state index contributed by atoms with van der Waals surface area (Å²) in [7, 11) is -4.03. The van der Waals surface area contributed by atoms with E-state index in [0.717, 1.165) is 5.56 Å². The van der Waals surface area contributed by atoms with Crippen LogP contribution >= 0.6 is 11.6 Å². The van der Waals surface area contributed by atoms with Crippen molar-refractivity contribution in [1.29, 1.82) is 0 Å². The van der Waals surface area contributed by atoms with Gasteiger partial charge in [0.1, 0.15) is 0 Å². The van der Waals surface area contributed by atoms with Crippen molar-refractivity contribution in [1.82, 2.24) is 10.4 Å². The van der Waals surface area contributed by atoms with E-state index in [9.17, 15) is 13.2 Å². The van der Waals surface area contributed by atoms with Crippen LogP contribution in [0.2, 0.25) is 5.02 Å². The van der Waals surface area contributed by atoms with Crippen LogP contribution in [0.4, 0.5) is 5.69 Å². The molecule has 0 fully saturated rings. The Morgan fingerprint density at radius 1 is 1.00 bits per heavy atom. The maximum atomic E-state index is 13.8. The number of amides is 1. The van der Waals surface area contributed by atoms with Crippen LogP contribution in [0, 0.1) is 6.92 Å². The van der Waals surface area contributed by atoms with Gasteiger partial charge in [-0.3, -0.25) is 14.1 Å². The van der Waals surface area contributed by atoms with Gasteiger partial charge in [-0.2, -0.15) is 5.10 Å². The minimum Gasteiger partial charge on any atom is -0.267 e. The zero-order valence-electron chi connectivity index (χ0n) is 19.4. The van der Waals surface area contributed by atoms with Crippen LogP contribution in [0.5, 0.6) is 0 Å². The maximum Gasteiger partial charge on any atom is 0.273 e. The Bertz CT molecular complexity index is 1470. The van der Waals surface area contributed by atoms with Crippen molar-refractivity contribution in [3.8, 4) is 0 Å². The lowest BCUT2D eigenvalue weighted by molar-refractivity contribution is 0.0955. The molecule has 9 heteroatoms. The first kappa shape index (κ1) is 25.1. The van der Waals surface area contributed by atoms with E-state index in [1.54, 1.807) is 97.3 Å². The highest BCUT2D eigenvalue weighted by atomic mass is 35.5. The molecule has 0 aliphatic heterocycles. The van der Waals surface area contributed by atoms with Crippen molar-refractivity contribution in [2.75, 3.05) is 4.31 Å². The molecule has 0 saturated carbocycles. The topological polar surface area (TPSA) is 91.7 Å². The summed E-state index contributed by atoms with van der Waals surface area (Å²) in [5, 5.41) is 4.53. The highest BCUT2D eigenvalue weighted by molar-refractivity contribution is 7.92. The lowest BCUT2D eigenvalue weighted by Crippen LogP contribution is -2.33. The van der Waals surface area contributed by atoms with Crippen molar-refractivity contribution in [2.45, 2.75) is 18.4 Å². The molecule has 7 nitrogen and oxygen atoms in total. The lowest BCUT2D eigenvalue weighted by atomic mass is 10.1. The molecule has 4 aromatic rings. The van der Waals surface area contributed by atoms with E-state index in [4.69, 9.17) is 11.6 Å². The number of hydrogen-bond donors (Lipinski definition) is 1. The van der Waals surface area contributed by atoms with Crippen molar-refractivity contribution in [2.24, 2.45) is 5.10 Å². The summed E-state index contributed by atoms with van der Waals surface area (Å²) < 4.78 is 28.9. The molecule has 0 radical (unpaired) electrons. The summed E-state index contributed by atoms with van der Waals surface area (Å²) in [6.45, 7) is 1.88. The Labute approximate surface area is 215 Å². The molecule has 0 atom stereocenters. The quantitative estimate of drug-likeness (QED) is 0.256. The summed E-state index contributed by atoms with van der Waals surface area (Å²) >= 11 is 6.02. The molecule has 1 heterocycles. The molecule has 1 N–H and O–H groups in total. The van der Waals surface area contributed by atoms with Gasteiger partial charge in [-0.15, -0.1) is 0 Å². The monoisotopic (exact) mass is 518 g/mol. The first-order valence-corrected chi connectivity index (χ1v) is 12.8. The second-order valence-electron chi connectivity index (χ2n) is 7.95. The standard InChI is InChI=1S/C27H23ClN4O3S/c1-20-8-14-24(15-9-20)36(34,35)32(19-21-10-12-23(28)13-11-21)26-7-3-2-6-25(26)27(33)31-30-18-22-5-4-16-29-17-22/h2-18H,19H2,1H3,(H,31,33). The fourth-order valence-corrected chi connectivity index (χ4v) is 5.05. The van der Waals surface area contributed by atoms with Gasteiger partial charge in [-0.05, 0) is 55.0 Å². The molecule has 36 heavy (non-hydrogen) atoms. The van der Waals surface area contributed by atoms with Crippen LogP contribution < -0.4 is 9.73 Å². The first-order chi connectivity index (χ1) is 17.3. The Morgan fingerprint density at radius 3 is 2.42 bits per heavy atom. The molecule has 0 bridgehead atoms. The van der Waals surface area contributed by atoms with Gasteiger partial charge >= 0.3 is 0 Å². The van der Waals surface area contributed by atoms with Crippen molar-refractivity contribution in [3.05, 3.63) is 125 Å². The largest absolute Gasteiger partial charge is 0.273 e. The van der Waals surface area contributed by atoms with Gasteiger partial charge in [0.05, 0.1) is 28.9 Å². The number of para-hydroxylation sites is 1. The number of hydrazone groups is 1. The normalized spacial score (nSPS) is 11.4. The number of rotatable bonds is 8. The summed E-state index contributed by atoms with van der Waals surface area (Å²) in [4.78, 5) is 17.2. The third-order valence-electron chi connectivity index (χ3n) is 5.33. The number of hydrogen-bond acceptors (Lipinski definition) is 5. The average molecular weight is 519 g/mol. The molecule has 1 amide bonds. The van der Waals surface area contributed by atoms with Crippen LogP contribution in [0.1, 0.15) is 27.0 Å². The maximum absolute atomic E-state index is 13.8. The highest BCUT2D eigenvalue weighted by Crippen LogP contribution is 2.29. The van der Waals surface area contributed by atoms with Crippen molar-refractivity contribution in [3.63, 3.8) is 0 Å². The Morgan fingerprint density at radius 2 is 1.72 bits per heavy atom. The molecule has 3 aromatic carbocycles. The summed E-state index contributed by atoms with van der Waals surface area (Å²) in [6, 6.07) is 23.5. The molecule has 0 saturated heterocycles. The minimum atomic E-state index is -4.03. The fourth-order valence-electron chi connectivity index (χ4n) is 3.45. The molecule has 1 aromatic heterocycles. The van der Waals surface area contributed by atoms with Gasteiger partial charge < -0.3 is 0 Å². The number of aromatic nitrogens is 1. The van der Waals surface area contributed by atoms with E-state index in [1.165, 1.54) is 10.5 Å². The number of carbonyl (C=O) groups is 1. The Kier molecular flexibility index (Phi) is 7.77. The molecule has 0 aliphatic rings. The van der Waals surface area contributed by atoms with Crippen molar-refractivity contribution >= 4 is 39.4 Å². The Hall–Kier alpha value is -4.01. The Balaban J connectivity index is 1.72. The van der Waals surface area contributed by atoms with Gasteiger partial charge in [-0.1, -0.05) is 59.6 Å². The van der Waals surface area contributed by atoms with Crippen LogP contribution in [-0.4, -0.2) is 25.5 Å². The fraction of sp³-hybridized carbons (Fsp3) is 0.0741. The summed E-state index contributed by atoms with van der Waals surface area (Å²) in [5.41, 5.74) is 5.21. The lowest BCUT2D eigenvalue weighted by Gasteiger charge is -2.26. The zero-order chi connectivity index (χ0) is 25.5. The predicted octanol–water partition coefficient (Wildman–Crippen LogP) is 5.20. The minimum absolute atomic E-state index is 0.00335. The molecule has 4 rings (SSSR count). The number of nitrogens with one attached hydrogen (secondary N) is 1. The summed E-state index contributed by atoms with van der Waals surface area (Å²) in [6.07, 6.45) is 4.70. The van der Waals surface area contributed by atoms with Crippen LogP contribution in [0.25, 0.3) is 0 Å². The van der Waals surface area contributed by atoms with E-state index < -0.39 is 15.9 Å². The van der Waals surface area contributed by atoms with E-state index in [2.05, 4.69) is 15.5 Å². The van der Waals surface area contributed by atoms with Crippen molar-refractivity contribution < 1.29 is 13.2 Å². The van der Waals surface area contributed by atoms with Crippen LogP contribution in [0.15, 0.2) is 107 Å². The van der Waals surface area contributed by atoms with Gasteiger partial charge in [0.15, 0.2) is 0 Å². The number of nitrogens with zero attached hydrogens (tertiary/aromatic N) is 3. The van der Waals surface area contributed by atoms with E-state index in [-0.39, 0.29) is 22.7 Å². The third kappa shape index (κ3) is 5.97. The third-order valence-corrected chi connectivity index (χ3v) is 7.36. The molecular weight excluding hydrogens is 496 g/mol. The van der Waals surface area contributed by atoms with Gasteiger partial charge in [0, 0.05) is 23.0 Å². The SMILES string of the molecule is Cc1ccc(S(=O)(=O)N(Cc2ccc(Cl)cc2)c2ccccc2C(=O)NN=Cc2cccnc2)cc1. The zero-order valence-corrected chi connectivity index (χ0v) is 20.9. The number of halogens is 1. The first-order valence-electron chi connectivity index (χ1n) is 11.0. The smallest absolute Gasteiger partial charge is 0.267 e. The number of anilines is 1. The molecule has 0 unspecified atom stereocenters. The number of sulfonamides is 1. The number of carbonyl (C=O) groups excluding carboxylic acids is 1. The number of benzene rings is 3. The molecular formula is C27H23ClN4O3S.